The Balaban J connectivity index is 2.30. The van der Waals surface area contributed by atoms with E-state index in [1.165, 1.54) is 6.92 Å². The minimum atomic E-state index is -3.97. The predicted molar refractivity (Wildman–Crippen MR) is 69.0 cm³/mol. The van der Waals surface area contributed by atoms with E-state index < -0.39 is 15.9 Å². The van der Waals surface area contributed by atoms with E-state index in [-0.39, 0.29) is 21.8 Å². The molecule has 1 aromatic rings. The summed E-state index contributed by atoms with van der Waals surface area (Å²) in [7, 11) is -3.97. The standard InChI is InChI=1S/C11H18N4O3S/c1-7-9(19(12,17)18)8(15-14-7)10(16)13-11(2)5-3-4-6-11/h3-6H2,1-2H3,(H,13,16)(H,14,15)(H2,12,17,18). The second-order valence-corrected chi connectivity index (χ2v) is 6.79. The van der Waals surface area contributed by atoms with E-state index in [1.54, 1.807) is 0 Å². The first-order valence-corrected chi connectivity index (χ1v) is 7.68. The fourth-order valence-electron chi connectivity index (χ4n) is 2.53. The Bertz CT molecular complexity index is 599. The number of hydrogen-bond acceptors (Lipinski definition) is 4. The Hall–Kier alpha value is -1.41. The molecule has 1 heterocycles. The molecule has 0 spiro atoms. The number of aromatic nitrogens is 2. The SMILES string of the molecule is Cc1[nH]nc(C(=O)NC2(C)CCCC2)c1S(N)(=O)=O. The lowest BCUT2D eigenvalue weighted by Crippen LogP contribution is -2.44. The van der Waals surface area contributed by atoms with Gasteiger partial charge in [-0.25, -0.2) is 13.6 Å². The van der Waals surface area contributed by atoms with E-state index in [2.05, 4.69) is 15.5 Å². The van der Waals surface area contributed by atoms with Crippen LogP contribution in [0.1, 0.15) is 48.8 Å². The van der Waals surface area contributed by atoms with Gasteiger partial charge in [0, 0.05) is 5.54 Å². The molecule has 106 valence electrons. The molecule has 4 N–H and O–H groups in total. The molecule has 0 atom stereocenters. The van der Waals surface area contributed by atoms with Crippen molar-refractivity contribution < 1.29 is 13.2 Å². The van der Waals surface area contributed by atoms with Crippen molar-refractivity contribution in [3.63, 3.8) is 0 Å². The number of sulfonamides is 1. The van der Waals surface area contributed by atoms with Gasteiger partial charge in [0.1, 0.15) is 4.90 Å². The number of rotatable bonds is 3. The molecule has 7 nitrogen and oxygen atoms in total. The van der Waals surface area contributed by atoms with E-state index in [4.69, 9.17) is 5.14 Å². The van der Waals surface area contributed by atoms with Gasteiger partial charge in [0.25, 0.3) is 5.91 Å². The smallest absolute Gasteiger partial charge is 0.273 e. The lowest BCUT2D eigenvalue weighted by molar-refractivity contribution is 0.0899. The molecule has 1 amide bonds. The molecule has 0 radical (unpaired) electrons. The first-order chi connectivity index (χ1) is 8.73. The van der Waals surface area contributed by atoms with Crippen molar-refractivity contribution in [2.75, 3.05) is 0 Å². The normalized spacial score (nSPS) is 18.5. The van der Waals surface area contributed by atoms with E-state index >= 15 is 0 Å². The lowest BCUT2D eigenvalue weighted by Gasteiger charge is -2.24. The predicted octanol–water partition coefficient (Wildman–Crippen LogP) is 0.428. The van der Waals surface area contributed by atoms with Gasteiger partial charge < -0.3 is 5.32 Å². The molecular weight excluding hydrogens is 268 g/mol. The third kappa shape index (κ3) is 2.79. The summed E-state index contributed by atoms with van der Waals surface area (Å²) in [6.45, 7) is 3.47. The summed E-state index contributed by atoms with van der Waals surface area (Å²) in [5.41, 5.74) is -0.183. The molecule has 1 fully saturated rings. The first kappa shape index (κ1) is 14.0. The monoisotopic (exact) mass is 286 g/mol. The van der Waals surface area contributed by atoms with Crippen molar-refractivity contribution >= 4 is 15.9 Å². The number of H-pyrrole nitrogens is 1. The van der Waals surface area contributed by atoms with Gasteiger partial charge in [0.15, 0.2) is 5.69 Å². The maximum absolute atomic E-state index is 12.2. The largest absolute Gasteiger partial charge is 0.345 e. The van der Waals surface area contributed by atoms with Gasteiger partial charge in [-0.15, -0.1) is 0 Å². The molecule has 1 aliphatic carbocycles. The van der Waals surface area contributed by atoms with E-state index in [1.807, 2.05) is 6.92 Å². The zero-order chi connectivity index (χ0) is 14.3. The van der Waals surface area contributed by atoms with Crippen molar-refractivity contribution in [1.82, 2.24) is 15.5 Å². The van der Waals surface area contributed by atoms with Crippen LogP contribution in [0.4, 0.5) is 0 Å². The number of carbonyl (C=O) groups excluding carboxylic acids is 1. The Labute approximate surface area is 112 Å². The van der Waals surface area contributed by atoms with Crippen LogP contribution in [0, 0.1) is 6.92 Å². The Morgan fingerprint density at radius 2 is 2.00 bits per heavy atom. The average molecular weight is 286 g/mol. The quantitative estimate of drug-likeness (QED) is 0.746. The zero-order valence-corrected chi connectivity index (χ0v) is 11.8. The van der Waals surface area contributed by atoms with Crippen LogP contribution in [0.3, 0.4) is 0 Å². The van der Waals surface area contributed by atoms with Gasteiger partial charge in [0.05, 0.1) is 5.69 Å². The number of nitrogens with two attached hydrogens (primary N) is 1. The maximum atomic E-state index is 12.2. The number of primary sulfonamides is 1. The average Bonchev–Trinajstić information content (AvgIpc) is 2.83. The van der Waals surface area contributed by atoms with Crippen LogP contribution in [-0.4, -0.2) is 30.1 Å². The molecule has 19 heavy (non-hydrogen) atoms. The summed E-state index contributed by atoms with van der Waals surface area (Å²) >= 11 is 0. The summed E-state index contributed by atoms with van der Waals surface area (Å²) < 4.78 is 23.0. The van der Waals surface area contributed by atoms with Gasteiger partial charge in [-0.2, -0.15) is 5.10 Å². The molecule has 2 rings (SSSR count). The highest BCUT2D eigenvalue weighted by atomic mass is 32.2. The number of aromatic amines is 1. The summed E-state index contributed by atoms with van der Waals surface area (Å²) in [5.74, 6) is -0.502. The molecule has 8 heteroatoms. The van der Waals surface area contributed by atoms with Gasteiger partial charge in [-0.1, -0.05) is 12.8 Å². The second-order valence-electron chi connectivity index (χ2n) is 5.29. The van der Waals surface area contributed by atoms with Gasteiger partial charge in [-0.05, 0) is 26.7 Å². The number of carbonyl (C=O) groups is 1. The molecule has 0 bridgehead atoms. The van der Waals surface area contributed by atoms with Crippen molar-refractivity contribution in [3.05, 3.63) is 11.4 Å². The third-order valence-corrected chi connectivity index (χ3v) is 4.58. The summed E-state index contributed by atoms with van der Waals surface area (Å²) in [4.78, 5) is 11.9. The number of nitrogens with zero attached hydrogens (tertiary/aromatic N) is 1. The highest BCUT2D eigenvalue weighted by Gasteiger charge is 2.33. The fraction of sp³-hybridized carbons (Fsp3) is 0.636. The van der Waals surface area contributed by atoms with Crippen molar-refractivity contribution in [2.45, 2.75) is 50.0 Å². The fourth-order valence-corrected chi connectivity index (χ4v) is 3.41. The van der Waals surface area contributed by atoms with Gasteiger partial charge in [0.2, 0.25) is 10.0 Å². The Morgan fingerprint density at radius 3 is 2.53 bits per heavy atom. The highest BCUT2D eigenvalue weighted by molar-refractivity contribution is 7.89. The minimum absolute atomic E-state index is 0.159. The first-order valence-electron chi connectivity index (χ1n) is 6.13. The van der Waals surface area contributed by atoms with Crippen LogP contribution < -0.4 is 10.5 Å². The zero-order valence-electron chi connectivity index (χ0n) is 11.0. The van der Waals surface area contributed by atoms with Crippen LogP contribution in [0.5, 0.6) is 0 Å². The maximum Gasteiger partial charge on any atom is 0.273 e. The summed E-state index contributed by atoms with van der Waals surface area (Å²) in [6, 6.07) is 0. The van der Waals surface area contributed by atoms with Crippen molar-refractivity contribution in [1.29, 1.82) is 0 Å². The van der Waals surface area contributed by atoms with Crippen molar-refractivity contribution in [2.24, 2.45) is 5.14 Å². The molecule has 0 aromatic carbocycles. The molecule has 0 unspecified atom stereocenters. The van der Waals surface area contributed by atoms with Crippen LogP contribution in [0.25, 0.3) is 0 Å². The molecule has 1 aliphatic rings. The Morgan fingerprint density at radius 1 is 1.42 bits per heavy atom. The van der Waals surface area contributed by atoms with Crippen LogP contribution in [-0.2, 0) is 10.0 Å². The van der Waals surface area contributed by atoms with Crippen LogP contribution in [0.2, 0.25) is 0 Å². The number of amides is 1. The van der Waals surface area contributed by atoms with E-state index in [0.29, 0.717) is 0 Å². The molecule has 0 saturated heterocycles. The van der Waals surface area contributed by atoms with E-state index in [0.717, 1.165) is 25.7 Å². The minimum Gasteiger partial charge on any atom is -0.345 e. The summed E-state index contributed by atoms with van der Waals surface area (Å²) in [5, 5.41) is 14.2. The van der Waals surface area contributed by atoms with Crippen LogP contribution in [0.15, 0.2) is 4.90 Å². The van der Waals surface area contributed by atoms with Gasteiger partial charge >= 0.3 is 0 Å². The Kier molecular flexibility index (Phi) is 3.40. The topological polar surface area (TPSA) is 118 Å². The van der Waals surface area contributed by atoms with E-state index in [9.17, 15) is 13.2 Å². The van der Waals surface area contributed by atoms with Crippen LogP contribution >= 0.6 is 0 Å². The molecule has 0 aliphatic heterocycles. The highest BCUT2D eigenvalue weighted by Crippen LogP contribution is 2.29. The molecule has 1 saturated carbocycles. The summed E-state index contributed by atoms with van der Waals surface area (Å²) in [6.07, 6.45) is 3.87. The number of nitrogens with one attached hydrogen (secondary N) is 2. The van der Waals surface area contributed by atoms with Crippen molar-refractivity contribution in [3.8, 4) is 0 Å². The number of hydrogen-bond donors (Lipinski definition) is 3. The van der Waals surface area contributed by atoms with Gasteiger partial charge in [-0.3, -0.25) is 9.89 Å². The third-order valence-electron chi connectivity index (χ3n) is 3.51. The molecular formula is C11H18N4O3S. The lowest BCUT2D eigenvalue weighted by atomic mass is 10.0. The molecule has 1 aromatic heterocycles. The second kappa shape index (κ2) is 4.61. The number of aryl methyl sites for hydroxylation is 1.